The van der Waals surface area contributed by atoms with E-state index in [1.807, 2.05) is 0 Å². The predicted molar refractivity (Wildman–Crippen MR) is 214 cm³/mol. The number of imide groups is 1. The number of phenolic OH excluding ortho intramolecular Hbond substituents is 2. The van der Waals surface area contributed by atoms with Crippen molar-refractivity contribution >= 4 is 52.8 Å². The number of carboxylic acids is 1. The van der Waals surface area contributed by atoms with Crippen molar-refractivity contribution in [3.63, 3.8) is 0 Å². The minimum Gasteiger partial charge on any atom is -0.507 e. The number of methoxy groups -OCH3 is 1. The first-order valence-corrected chi connectivity index (χ1v) is 21.4. The summed E-state index contributed by atoms with van der Waals surface area (Å²) in [5, 5.41) is 67.2. The van der Waals surface area contributed by atoms with Crippen LogP contribution in [0.15, 0.2) is 18.2 Å². The monoisotopic (exact) mass is 883 g/mol. The zero-order chi connectivity index (χ0) is 44.9. The number of aromatic hydroxyl groups is 2. The third-order valence-electron chi connectivity index (χ3n) is 12.7. The second kappa shape index (κ2) is 17.7. The zero-order valence-electron chi connectivity index (χ0n) is 33.9. The van der Waals surface area contributed by atoms with E-state index in [2.05, 4.69) is 5.32 Å². The number of hydrogen-bond acceptors (Lipinski definition) is 17. The van der Waals surface area contributed by atoms with Crippen molar-refractivity contribution in [1.82, 2.24) is 10.2 Å². The summed E-state index contributed by atoms with van der Waals surface area (Å²) < 4.78 is 17.6. The Hall–Kier alpha value is -4.96. The fourth-order valence-electron chi connectivity index (χ4n) is 9.29. The van der Waals surface area contributed by atoms with Crippen LogP contribution in [0.5, 0.6) is 17.2 Å². The molecule has 2 heterocycles. The second-order valence-corrected chi connectivity index (χ2v) is 17.9. The maximum atomic E-state index is 14.0. The summed E-state index contributed by atoms with van der Waals surface area (Å²) in [5.74, 6) is -7.02. The third-order valence-corrected chi connectivity index (χ3v) is 14.1. The molecule has 20 heteroatoms. The number of hydrogen-bond donors (Lipinski definition) is 8. The number of nitrogens with zero attached hydrogens (tertiary/aromatic N) is 1. The topological polar surface area (TPSA) is 310 Å². The largest absolute Gasteiger partial charge is 0.507 e. The molecule has 0 radical (unpaired) electrons. The lowest BCUT2D eigenvalue weighted by molar-refractivity contribution is -0.249. The quantitative estimate of drug-likeness (QED) is 0.0842. The number of fused-ring (bicyclic) bond motifs is 3. The fourth-order valence-corrected chi connectivity index (χ4v) is 10.4. The molecule has 2 aliphatic heterocycles. The molecule has 0 spiro atoms. The van der Waals surface area contributed by atoms with Gasteiger partial charge in [0, 0.05) is 60.6 Å². The Bertz CT molecular complexity index is 2210. The molecule has 3 amide bonds. The van der Waals surface area contributed by atoms with Crippen molar-refractivity contribution in [1.29, 1.82) is 0 Å². The standard InChI is InChI=1S/C42H49N3O16S/c1-17-34(49)23(44-39(54)19-8-6-18(7-9-19)14-45-28(48)11-26(40(45)55)62-16-22(43)41(56)57)10-29(60-17)61-25-13-42(58,27(47)15-46)12-21-31(25)38(53)33-32(36(21)51)35(50)20-4-3-5-24(59-2)30(20)37(33)52/h3-5,17-19,22-23,25-26,29,34,46,49,51,53,58H,6-16,43H2,1-2H3,(H,44,54)(H,56,57)/t17-,18?,19?,22-,23-,25-,26?,29-,34+,42-/m0/s1. The van der Waals surface area contributed by atoms with Gasteiger partial charge in [0.05, 0.1) is 47.3 Å². The Labute approximate surface area is 358 Å². The van der Waals surface area contributed by atoms with E-state index in [4.69, 9.17) is 25.1 Å². The minimum atomic E-state index is -2.37. The van der Waals surface area contributed by atoms with E-state index in [1.54, 1.807) is 0 Å². The first-order valence-electron chi connectivity index (χ1n) is 20.4. The lowest BCUT2D eigenvalue weighted by Crippen LogP contribution is -2.56. The number of carbonyl (C=O) groups is 7. The van der Waals surface area contributed by atoms with Gasteiger partial charge in [-0.2, -0.15) is 0 Å². The number of phenols is 2. The highest BCUT2D eigenvalue weighted by atomic mass is 32.2. The van der Waals surface area contributed by atoms with Crippen molar-refractivity contribution in [3.05, 3.63) is 51.6 Å². The highest BCUT2D eigenvalue weighted by molar-refractivity contribution is 8.00. The van der Waals surface area contributed by atoms with Crippen LogP contribution < -0.4 is 15.8 Å². The highest BCUT2D eigenvalue weighted by Crippen LogP contribution is 2.52. The Kier molecular flexibility index (Phi) is 12.8. The molecule has 0 bridgehead atoms. The summed E-state index contributed by atoms with van der Waals surface area (Å²) >= 11 is 1.04. The van der Waals surface area contributed by atoms with Gasteiger partial charge < -0.3 is 55.9 Å². The van der Waals surface area contributed by atoms with Gasteiger partial charge in [-0.05, 0) is 44.6 Å². The normalized spacial score (nSPS) is 30.0. The number of aliphatic carboxylic acids is 1. The molecule has 1 saturated carbocycles. The first kappa shape index (κ1) is 45.1. The Morgan fingerprint density at radius 1 is 1.05 bits per heavy atom. The Balaban J connectivity index is 1.05. The Morgan fingerprint density at radius 3 is 2.40 bits per heavy atom. The molecule has 0 aromatic heterocycles. The summed E-state index contributed by atoms with van der Waals surface area (Å²) in [6.07, 6.45) is -4.48. The minimum absolute atomic E-state index is 0.0165. The summed E-state index contributed by atoms with van der Waals surface area (Å²) in [4.78, 5) is 92.4. The number of thioether (sulfide) groups is 1. The molecule has 19 nitrogen and oxygen atoms in total. The highest BCUT2D eigenvalue weighted by Gasteiger charge is 2.51. The molecule has 1 unspecified atom stereocenters. The van der Waals surface area contributed by atoms with Gasteiger partial charge in [0.15, 0.2) is 17.9 Å². The molecule has 2 aromatic carbocycles. The molecule has 5 aliphatic rings. The number of Topliss-reactive ketones (excluding diaryl/α,β-unsaturated/α-hetero) is 1. The molecule has 334 valence electrons. The van der Waals surface area contributed by atoms with Crippen molar-refractivity contribution < 1.29 is 78.4 Å². The first-order chi connectivity index (χ1) is 29.4. The van der Waals surface area contributed by atoms with Crippen LogP contribution in [0, 0.1) is 11.8 Å². The average molecular weight is 884 g/mol. The number of carboxylic acid groups (broad SMARTS) is 1. The molecule has 2 saturated heterocycles. The number of nitrogens with two attached hydrogens (primary N) is 1. The smallest absolute Gasteiger partial charge is 0.321 e. The molecule has 62 heavy (non-hydrogen) atoms. The number of rotatable bonds is 13. The maximum absolute atomic E-state index is 14.0. The van der Waals surface area contributed by atoms with Crippen molar-refractivity contribution in [2.45, 2.75) is 106 Å². The van der Waals surface area contributed by atoms with Gasteiger partial charge in [0.25, 0.3) is 0 Å². The van der Waals surface area contributed by atoms with Crippen LogP contribution in [0.25, 0.3) is 0 Å². The fraction of sp³-hybridized carbons (Fsp3) is 0.548. The SMILES string of the molecule is COc1cccc2c1C(=O)c1c(O)c3c(c(O)c1C2=O)C[C@@](O)(C(=O)CO)C[C@@H]3O[C@H]1C[C@H](NC(=O)C2CCC(CN3C(=O)CC(SC[C@H](N)C(=O)O)C3=O)CC2)[C@H](O)[C@H](C)O1. The molecular formula is C42H49N3O16S. The van der Waals surface area contributed by atoms with Gasteiger partial charge in [-0.3, -0.25) is 38.5 Å². The van der Waals surface area contributed by atoms with E-state index >= 15 is 0 Å². The molecule has 3 aliphatic carbocycles. The van der Waals surface area contributed by atoms with Gasteiger partial charge in [-0.15, -0.1) is 11.8 Å². The molecule has 2 aromatic rings. The van der Waals surface area contributed by atoms with E-state index in [1.165, 1.54) is 37.1 Å². The summed E-state index contributed by atoms with van der Waals surface area (Å²) in [5.41, 5.74) is 1.38. The lowest BCUT2D eigenvalue weighted by atomic mass is 9.72. The summed E-state index contributed by atoms with van der Waals surface area (Å²) in [7, 11) is 1.30. The van der Waals surface area contributed by atoms with Crippen molar-refractivity contribution in [2.24, 2.45) is 17.6 Å². The maximum Gasteiger partial charge on any atom is 0.321 e. The number of benzene rings is 2. The zero-order valence-corrected chi connectivity index (χ0v) is 34.7. The summed E-state index contributed by atoms with van der Waals surface area (Å²) in [6, 6.07) is 2.18. The Morgan fingerprint density at radius 2 is 1.74 bits per heavy atom. The van der Waals surface area contributed by atoms with Gasteiger partial charge in [0.1, 0.15) is 41.6 Å². The molecule has 9 N–H and O–H groups in total. The summed E-state index contributed by atoms with van der Waals surface area (Å²) in [6.45, 7) is 0.610. The number of likely N-dealkylation sites (tertiary alicyclic amines) is 1. The number of amides is 3. The number of aliphatic hydroxyl groups is 3. The second-order valence-electron chi connectivity index (χ2n) is 16.6. The third kappa shape index (κ3) is 8.20. The van der Waals surface area contributed by atoms with Crippen LogP contribution in [-0.4, -0.2) is 144 Å². The number of nitrogens with one attached hydrogen (secondary N) is 1. The molecule has 3 fully saturated rings. The van der Waals surface area contributed by atoms with E-state index in [0.29, 0.717) is 25.7 Å². The molecular weight excluding hydrogens is 835 g/mol. The van der Waals surface area contributed by atoms with Crippen molar-refractivity contribution in [3.8, 4) is 17.2 Å². The van der Waals surface area contributed by atoms with Gasteiger partial charge in [-0.25, -0.2) is 0 Å². The lowest BCUT2D eigenvalue weighted by Gasteiger charge is -2.43. The average Bonchev–Trinajstić information content (AvgIpc) is 3.51. The van der Waals surface area contributed by atoms with E-state index in [-0.39, 0.29) is 76.8 Å². The van der Waals surface area contributed by atoms with Crippen LogP contribution in [0.4, 0.5) is 0 Å². The number of carbonyl (C=O) groups excluding carboxylic acids is 6. The van der Waals surface area contributed by atoms with Gasteiger partial charge in [-0.1, -0.05) is 12.1 Å². The molecule has 8 atom stereocenters. The predicted octanol–water partition coefficient (Wildman–Crippen LogP) is 0.238. The van der Waals surface area contributed by atoms with Gasteiger partial charge >= 0.3 is 5.97 Å². The molecule has 7 rings (SSSR count). The van der Waals surface area contributed by atoms with Gasteiger partial charge in [0.2, 0.25) is 23.5 Å². The van der Waals surface area contributed by atoms with Crippen LogP contribution in [0.1, 0.15) is 101 Å². The number of ketones is 3. The van der Waals surface area contributed by atoms with E-state index in [0.717, 1.165) is 11.8 Å². The van der Waals surface area contributed by atoms with Crippen molar-refractivity contribution in [2.75, 3.05) is 26.0 Å². The van der Waals surface area contributed by atoms with Crippen LogP contribution >= 0.6 is 11.8 Å². The van der Waals surface area contributed by atoms with Crippen LogP contribution in [0.2, 0.25) is 0 Å². The number of aliphatic hydroxyl groups excluding tert-OH is 2. The van der Waals surface area contributed by atoms with Crippen LogP contribution in [0.3, 0.4) is 0 Å². The van der Waals surface area contributed by atoms with E-state index in [9.17, 15) is 59.1 Å². The number of ether oxygens (including phenoxy) is 3. The van der Waals surface area contributed by atoms with Crippen LogP contribution in [-0.2, 0) is 39.9 Å². The van der Waals surface area contributed by atoms with E-state index < -0.39 is 119 Å².